The lowest BCUT2D eigenvalue weighted by Gasteiger charge is -2.20. The van der Waals surface area contributed by atoms with Crippen LogP contribution in [0.15, 0.2) is 30.3 Å². The molecule has 110 valence electrons. The summed E-state index contributed by atoms with van der Waals surface area (Å²) in [6, 6.07) is 9.91. The predicted molar refractivity (Wildman–Crippen MR) is 79.3 cm³/mol. The molecule has 0 aromatic heterocycles. The number of rotatable bonds is 9. The highest BCUT2D eigenvalue weighted by molar-refractivity contribution is 7.48. The summed E-state index contributed by atoms with van der Waals surface area (Å²) in [5.74, 6) is 2.49. The fourth-order valence-electron chi connectivity index (χ4n) is 1.68. The zero-order chi connectivity index (χ0) is 14.8. The van der Waals surface area contributed by atoms with Crippen LogP contribution in [-0.2, 0) is 24.6 Å². The van der Waals surface area contributed by atoms with Gasteiger partial charge in [-0.1, -0.05) is 36.3 Å². The molecular formula is C15H21O4P. The minimum Gasteiger partial charge on any atom is -0.287 e. The van der Waals surface area contributed by atoms with E-state index in [1.807, 2.05) is 30.3 Å². The van der Waals surface area contributed by atoms with E-state index in [0.717, 1.165) is 12.0 Å². The molecular weight excluding hydrogens is 275 g/mol. The van der Waals surface area contributed by atoms with Crippen LogP contribution in [0.5, 0.6) is 0 Å². The Bertz CT molecular complexity index is 457. The summed E-state index contributed by atoms with van der Waals surface area (Å²) in [6.07, 6.45) is 6.14. The molecule has 5 heteroatoms. The highest BCUT2D eigenvalue weighted by Crippen LogP contribution is 2.50. The number of aryl methyl sites for hydroxylation is 1. The van der Waals surface area contributed by atoms with E-state index in [0.29, 0.717) is 6.42 Å². The Labute approximate surface area is 121 Å². The molecule has 0 fully saturated rings. The molecule has 0 aliphatic heterocycles. The lowest BCUT2D eigenvalue weighted by atomic mass is 10.1. The third-order valence-corrected chi connectivity index (χ3v) is 4.22. The maximum Gasteiger partial charge on any atom is 0.475 e. The van der Waals surface area contributed by atoms with Gasteiger partial charge >= 0.3 is 7.82 Å². The zero-order valence-electron chi connectivity index (χ0n) is 12.0. The van der Waals surface area contributed by atoms with Gasteiger partial charge in [0.25, 0.3) is 0 Å². The van der Waals surface area contributed by atoms with Gasteiger partial charge in [-0.3, -0.25) is 13.6 Å². The van der Waals surface area contributed by atoms with Crippen molar-refractivity contribution in [2.24, 2.45) is 0 Å². The van der Waals surface area contributed by atoms with E-state index in [4.69, 9.17) is 20.0 Å². The lowest BCUT2D eigenvalue weighted by Crippen LogP contribution is -2.13. The molecule has 1 aromatic rings. The minimum absolute atomic E-state index is 0.243. The smallest absolute Gasteiger partial charge is 0.287 e. The van der Waals surface area contributed by atoms with Gasteiger partial charge < -0.3 is 0 Å². The standard InChI is InChI=1S/C15H21O4P/c1-4-15(13-12-14-10-8-7-9-11-14)19-20(16,17-5-2)18-6-3/h1,7-11,15H,5-6,12-13H2,2-3H3. The Kier molecular flexibility index (Phi) is 7.58. The summed E-state index contributed by atoms with van der Waals surface area (Å²) in [5, 5.41) is 0. The van der Waals surface area contributed by atoms with Crippen molar-refractivity contribution in [3.63, 3.8) is 0 Å². The van der Waals surface area contributed by atoms with Gasteiger partial charge in [-0.05, 0) is 32.3 Å². The second-order valence-corrected chi connectivity index (χ2v) is 5.69. The Balaban J connectivity index is 2.57. The number of hydrogen-bond donors (Lipinski definition) is 0. The van der Waals surface area contributed by atoms with E-state index in [-0.39, 0.29) is 13.2 Å². The van der Waals surface area contributed by atoms with Gasteiger partial charge in [-0.2, -0.15) is 0 Å². The quantitative estimate of drug-likeness (QED) is 0.513. The Morgan fingerprint density at radius 2 is 1.80 bits per heavy atom. The van der Waals surface area contributed by atoms with Crippen molar-refractivity contribution in [1.82, 2.24) is 0 Å². The van der Waals surface area contributed by atoms with Crippen LogP contribution in [0.25, 0.3) is 0 Å². The van der Waals surface area contributed by atoms with Crippen LogP contribution < -0.4 is 0 Å². The van der Waals surface area contributed by atoms with Gasteiger partial charge in [0, 0.05) is 0 Å². The van der Waals surface area contributed by atoms with Crippen molar-refractivity contribution in [3.05, 3.63) is 35.9 Å². The van der Waals surface area contributed by atoms with Crippen molar-refractivity contribution < 1.29 is 18.1 Å². The molecule has 1 rings (SSSR count). The SMILES string of the molecule is C#CC(CCc1ccccc1)OP(=O)(OCC)OCC. The molecule has 0 spiro atoms. The summed E-state index contributed by atoms with van der Waals surface area (Å²) >= 11 is 0. The molecule has 0 N–H and O–H groups in total. The number of terminal acetylenes is 1. The summed E-state index contributed by atoms with van der Waals surface area (Å²) in [6.45, 7) is 3.94. The van der Waals surface area contributed by atoms with Crippen molar-refractivity contribution in [2.45, 2.75) is 32.8 Å². The van der Waals surface area contributed by atoms with Crippen LogP contribution >= 0.6 is 7.82 Å². The number of phosphoric ester groups is 1. The van der Waals surface area contributed by atoms with Crippen molar-refractivity contribution >= 4 is 7.82 Å². The molecule has 0 heterocycles. The lowest BCUT2D eigenvalue weighted by molar-refractivity contribution is 0.101. The first-order valence-corrected chi connectivity index (χ1v) is 8.17. The third-order valence-electron chi connectivity index (χ3n) is 2.55. The highest BCUT2D eigenvalue weighted by Gasteiger charge is 2.29. The molecule has 1 aromatic carbocycles. The normalized spacial score (nSPS) is 12.8. The van der Waals surface area contributed by atoms with Crippen LogP contribution in [0.2, 0.25) is 0 Å². The van der Waals surface area contributed by atoms with Gasteiger partial charge in [-0.25, -0.2) is 4.57 Å². The number of benzene rings is 1. The average Bonchev–Trinajstić information content (AvgIpc) is 2.45. The molecule has 4 nitrogen and oxygen atoms in total. The topological polar surface area (TPSA) is 44.8 Å². The van der Waals surface area contributed by atoms with Crippen LogP contribution in [0, 0.1) is 12.3 Å². The fraction of sp³-hybridized carbons (Fsp3) is 0.467. The summed E-state index contributed by atoms with van der Waals surface area (Å²) < 4.78 is 27.7. The first kappa shape index (κ1) is 16.9. The second-order valence-electron chi connectivity index (χ2n) is 4.07. The van der Waals surface area contributed by atoms with Crippen molar-refractivity contribution in [3.8, 4) is 12.3 Å². The Morgan fingerprint density at radius 3 is 2.30 bits per heavy atom. The van der Waals surface area contributed by atoms with Crippen molar-refractivity contribution in [1.29, 1.82) is 0 Å². The van der Waals surface area contributed by atoms with Crippen molar-refractivity contribution in [2.75, 3.05) is 13.2 Å². The zero-order valence-corrected chi connectivity index (χ0v) is 12.8. The monoisotopic (exact) mass is 296 g/mol. The van der Waals surface area contributed by atoms with Gasteiger partial charge in [0.15, 0.2) is 0 Å². The molecule has 0 saturated heterocycles. The first-order valence-electron chi connectivity index (χ1n) is 6.71. The molecule has 0 radical (unpaired) electrons. The maximum absolute atomic E-state index is 12.2. The van der Waals surface area contributed by atoms with Gasteiger partial charge in [0.2, 0.25) is 0 Å². The molecule has 0 saturated carbocycles. The first-order chi connectivity index (χ1) is 9.63. The summed E-state index contributed by atoms with van der Waals surface area (Å²) in [7, 11) is -3.56. The fourth-order valence-corrected chi connectivity index (χ4v) is 2.99. The molecule has 20 heavy (non-hydrogen) atoms. The molecule has 0 aliphatic carbocycles. The van der Waals surface area contributed by atoms with E-state index in [1.165, 1.54) is 0 Å². The van der Waals surface area contributed by atoms with Gasteiger partial charge in [0.05, 0.1) is 13.2 Å². The third kappa shape index (κ3) is 5.90. The molecule has 1 unspecified atom stereocenters. The summed E-state index contributed by atoms with van der Waals surface area (Å²) in [4.78, 5) is 0. The molecule has 0 amide bonds. The second kappa shape index (κ2) is 8.94. The van der Waals surface area contributed by atoms with E-state index in [9.17, 15) is 4.57 Å². The minimum atomic E-state index is -3.56. The molecule has 0 aliphatic rings. The predicted octanol–water partition coefficient (Wildman–Crippen LogP) is 3.82. The highest BCUT2D eigenvalue weighted by atomic mass is 31.2. The van der Waals surface area contributed by atoms with Crippen LogP contribution in [-0.4, -0.2) is 19.3 Å². The summed E-state index contributed by atoms with van der Waals surface area (Å²) in [5.41, 5.74) is 1.15. The van der Waals surface area contributed by atoms with E-state index in [2.05, 4.69) is 5.92 Å². The van der Waals surface area contributed by atoms with Crippen LogP contribution in [0.3, 0.4) is 0 Å². The number of phosphoric acid groups is 1. The molecule has 1 atom stereocenters. The van der Waals surface area contributed by atoms with Gasteiger partial charge in [-0.15, -0.1) is 6.42 Å². The van der Waals surface area contributed by atoms with Crippen LogP contribution in [0.4, 0.5) is 0 Å². The molecule has 0 bridgehead atoms. The van der Waals surface area contributed by atoms with E-state index >= 15 is 0 Å². The Hall–Kier alpha value is -1.11. The van der Waals surface area contributed by atoms with Gasteiger partial charge in [0.1, 0.15) is 6.10 Å². The Morgan fingerprint density at radius 1 is 1.20 bits per heavy atom. The maximum atomic E-state index is 12.2. The van der Waals surface area contributed by atoms with Crippen LogP contribution in [0.1, 0.15) is 25.8 Å². The number of hydrogen-bond acceptors (Lipinski definition) is 4. The average molecular weight is 296 g/mol. The largest absolute Gasteiger partial charge is 0.475 e. The van der Waals surface area contributed by atoms with E-state index < -0.39 is 13.9 Å². The van der Waals surface area contributed by atoms with E-state index in [1.54, 1.807) is 13.8 Å².